The van der Waals surface area contributed by atoms with Gasteiger partial charge in [-0.1, -0.05) is 0 Å². The van der Waals surface area contributed by atoms with E-state index in [2.05, 4.69) is 20.2 Å². The largest absolute Gasteiger partial charge is 0.490 e. The van der Waals surface area contributed by atoms with Gasteiger partial charge in [0.1, 0.15) is 0 Å². The van der Waals surface area contributed by atoms with E-state index in [4.69, 9.17) is 14.6 Å². The maximum Gasteiger partial charge on any atom is 0.490 e. The molecule has 4 heterocycles. The van der Waals surface area contributed by atoms with Gasteiger partial charge in [-0.15, -0.1) is 11.3 Å². The molecule has 1 amide bonds. The van der Waals surface area contributed by atoms with E-state index in [0.29, 0.717) is 5.91 Å². The number of carboxylic acid groups (broad SMARTS) is 1. The van der Waals surface area contributed by atoms with Crippen LogP contribution in [0.1, 0.15) is 36.4 Å². The number of halogens is 3. The number of rotatable bonds is 3. The summed E-state index contributed by atoms with van der Waals surface area (Å²) in [6.07, 6.45) is -0.837. The summed E-state index contributed by atoms with van der Waals surface area (Å²) in [7, 11) is 0. The third kappa shape index (κ3) is 5.12. The summed E-state index contributed by atoms with van der Waals surface area (Å²) in [5, 5.41) is 10.4. The monoisotopic (exact) mass is 449 g/mol. The Labute approximate surface area is 176 Å². The average molecular weight is 449 g/mol. The van der Waals surface area contributed by atoms with Crippen LogP contribution in [0, 0.1) is 12.3 Å². The highest BCUT2D eigenvalue weighted by Gasteiger charge is 2.54. The second kappa shape index (κ2) is 9.19. The van der Waals surface area contributed by atoms with Crippen molar-refractivity contribution in [1.82, 2.24) is 14.8 Å². The molecule has 168 valence electrons. The molecule has 3 saturated heterocycles. The Morgan fingerprint density at radius 3 is 2.57 bits per heavy atom. The van der Waals surface area contributed by atoms with Crippen molar-refractivity contribution in [2.45, 2.75) is 51.4 Å². The van der Waals surface area contributed by atoms with Gasteiger partial charge >= 0.3 is 12.1 Å². The Kier molecular flexibility index (Phi) is 7.03. The number of aliphatic carboxylic acids is 1. The van der Waals surface area contributed by atoms with Gasteiger partial charge in [-0.3, -0.25) is 9.69 Å². The fourth-order valence-electron chi connectivity index (χ4n) is 4.41. The van der Waals surface area contributed by atoms with Crippen molar-refractivity contribution < 1.29 is 32.6 Å². The van der Waals surface area contributed by atoms with Crippen LogP contribution >= 0.6 is 11.3 Å². The molecule has 30 heavy (non-hydrogen) atoms. The highest BCUT2D eigenvalue weighted by Crippen LogP contribution is 2.43. The maximum absolute atomic E-state index is 13.2. The number of carbonyl (C=O) groups is 2. The quantitative estimate of drug-likeness (QED) is 0.764. The molecule has 0 bridgehead atoms. The Morgan fingerprint density at radius 1 is 1.33 bits per heavy atom. The Morgan fingerprint density at radius 2 is 2.00 bits per heavy atom. The van der Waals surface area contributed by atoms with Gasteiger partial charge in [-0.2, -0.15) is 13.2 Å². The predicted octanol–water partition coefficient (Wildman–Crippen LogP) is 2.69. The SMILES string of the molecule is Cc1nc(CN2CC[C@H]3OCC[C@@]3(C(=O)N3CCCC3)C2)cs1.O=C(O)C(F)(F)F. The highest BCUT2D eigenvalue weighted by molar-refractivity contribution is 7.09. The lowest BCUT2D eigenvalue weighted by Crippen LogP contribution is -2.57. The lowest BCUT2D eigenvalue weighted by molar-refractivity contribution is -0.192. The first-order valence-corrected chi connectivity index (χ1v) is 10.8. The van der Waals surface area contributed by atoms with Gasteiger partial charge in [0.15, 0.2) is 0 Å². The molecule has 1 aromatic rings. The molecule has 0 saturated carbocycles. The van der Waals surface area contributed by atoms with Crippen molar-refractivity contribution >= 4 is 23.2 Å². The van der Waals surface area contributed by atoms with Crippen LogP contribution < -0.4 is 0 Å². The minimum absolute atomic E-state index is 0.115. The summed E-state index contributed by atoms with van der Waals surface area (Å²) >= 11 is 1.70. The van der Waals surface area contributed by atoms with Gasteiger partial charge in [0.2, 0.25) is 5.91 Å². The fourth-order valence-corrected chi connectivity index (χ4v) is 5.02. The van der Waals surface area contributed by atoms with Crippen LogP contribution in [0.25, 0.3) is 0 Å². The van der Waals surface area contributed by atoms with Crippen LogP contribution in [-0.4, -0.2) is 76.8 Å². The molecule has 3 fully saturated rings. The molecule has 0 spiro atoms. The van der Waals surface area contributed by atoms with Gasteiger partial charge < -0.3 is 14.7 Å². The molecule has 11 heteroatoms. The number of ether oxygens (including phenoxy) is 1. The summed E-state index contributed by atoms with van der Waals surface area (Å²) in [6.45, 7) is 7.31. The molecule has 0 unspecified atom stereocenters. The summed E-state index contributed by atoms with van der Waals surface area (Å²) in [5.74, 6) is -2.41. The lowest BCUT2D eigenvalue weighted by Gasteiger charge is -2.44. The van der Waals surface area contributed by atoms with E-state index in [1.807, 2.05) is 6.92 Å². The number of piperidine rings is 1. The van der Waals surface area contributed by atoms with Crippen molar-refractivity contribution in [3.05, 3.63) is 16.1 Å². The number of hydrogen-bond acceptors (Lipinski definition) is 6. The van der Waals surface area contributed by atoms with Crippen molar-refractivity contribution in [3.63, 3.8) is 0 Å². The number of likely N-dealkylation sites (tertiary alicyclic amines) is 2. The molecule has 1 aromatic heterocycles. The number of thiazole rings is 1. The van der Waals surface area contributed by atoms with Gasteiger partial charge in [0.25, 0.3) is 0 Å². The van der Waals surface area contributed by atoms with E-state index in [-0.39, 0.29) is 11.5 Å². The number of carbonyl (C=O) groups excluding carboxylic acids is 1. The molecule has 1 N–H and O–H groups in total. The number of nitrogens with zero attached hydrogens (tertiary/aromatic N) is 3. The minimum Gasteiger partial charge on any atom is -0.475 e. The zero-order chi connectivity index (χ0) is 21.9. The van der Waals surface area contributed by atoms with Gasteiger partial charge in [0, 0.05) is 44.7 Å². The molecule has 0 radical (unpaired) electrons. The fraction of sp³-hybridized carbons (Fsp3) is 0.737. The molecule has 0 aliphatic carbocycles. The normalized spacial score (nSPS) is 26.8. The number of aromatic nitrogens is 1. The van der Waals surface area contributed by atoms with Gasteiger partial charge in [-0.25, -0.2) is 9.78 Å². The Hall–Kier alpha value is -1.72. The van der Waals surface area contributed by atoms with Crippen LogP contribution in [0.15, 0.2) is 5.38 Å². The molecule has 3 aliphatic rings. The van der Waals surface area contributed by atoms with Crippen molar-refractivity contribution in [2.75, 3.05) is 32.8 Å². The smallest absolute Gasteiger partial charge is 0.475 e. The summed E-state index contributed by atoms with van der Waals surface area (Å²) in [4.78, 5) is 31.2. The second-order valence-electron chi connectivity index (χ2n) is 7.92. The molecular formula is C19H26F3N3O4S. The third-order valence-corrected chi connectivity index (χ3v) is 6.63. The molecule has 7 nitrogen and oxygen atoms in total. The van der Waals surface area contributed by atoms with E-state index in [1.54, 1.807) is 11.3 Å². The summed E-state index contributed by atoms with van der Waals surface area (Å²) in [6, 6.07) is 0. The number of fused-ring (bicyclic) bond motifs is 1. The number of aryl methyl sites for hydroxylation is 1. The van der Waals surface area contributed by atoms with E-state index < -0.39 is 12.1 Å². The highest BCUT2D eigenvalue weighted by atomic mass is 32.1. The van der Waals surface area contributed by atoms with Crippen molar-refractivity contribution in [2.24, 2.45) is 5.41 Å². The summed E-state index contributed by atoms with van der Waals surface area (Å²) in [5.41, 5.74) is 0.821. The van der Waals surface area contributed by atoms with Crippen LogP contribution in [0.2, 0.25) is 0 Å². The number of amides is 1. The number of carboxylic acids is 1. The van der Waals surface area contributed by atoms with Crippen LogP contribution in [0.3, 0.4) is 0 Å². The first-order chi connectivity index (χ1) is 14.1. The predicted molar refractivity (Wildman–Crippen MR) is 103 cm³/mol. The standard InChI is InChI=1S/C17H25N3O2S.C2HF3O2/c1-13-18-14(11-23-13)10-19-8-4-15-17(12-19,5-9-22-15)16(21)20-6-2-3-7-20;3-2(4,5)1(6)7/h11,15H,2-10,12H2,1H3;(H,6,7)/t15-,17-;/m1./s1. The molecule has 0 aromatic carbocycles. The molecular weight excluding hydrogens is 423 g/mol. The first-order valence-electron chi connectivity index (χ1n) is 9.96. The first kappa shape index (κ1) is 23.0. The second-order valence-corrected chi connectivity index (χ2v) is 8.99. The average Bonchev–Trinajstić information content (AvgIpc) is 3.41. The Bertz CT molecular complexity index is 766. The summed E-state index contributed by atoms with van der Waals surface area (Å²) < 4.78 is 37.7. The van der Waals surface area contributed by atoms with E-state index in [9.17, 15) is 18.0 Å². The molecule has 4 rings (SSSR count). The Balaban J connectivity index is 0.000000318. The number of hydrogen-bond donors (Lipinski definition) is 1. The molecule has 3 aliphatic heterocycles. The zero-order valence-corrected chi connectivity index (χ0v) is 17.6. The number of alkyl halides is 3. The zero-order valence-electron chi connectivity index (χ0n) is 16.8. The van der Waals surface area contributed by atoms with Crippen LogP contribution in [0.4, 0.5) is 13.2 Å². The third-order valence-electron chi connectivity index (χ3n) is 5.81. The lowest BCUT2D eigenvalue weighted by atomic mass is 9.75. The van der Waals surface area contributed by atoms with Gasteiger partial charge in [-0.05, 0) is 32.6 Å². The topological polar surface area (TPSA) is 83.0 Å². The molecule has 2 atom stereocenters. The van der Waals surface area contributed by atoms with E-state index >= 15 is 0 Å². The van der Waals surface area contributed by atoms with Gasteiger partial charge in [0.05, 0.1) is 22.2 Å². The minimum atomic E-state index is -5.08. The van der Waals surface area contributed by atoms with Crippen LogP contribution in [0.5, 0.6) is 0 Å². The van der Waals surface area contributed by atoms with E-state index in [0.717, 1.165) is 75.7 Å². The van der Waals surface area contributed by atoms with E-state index in [1.165, 1.54) is 0 Å². The van der Waals surface area contributed by atoms with Crippen LogP contribution in [-0.2, 0) is 20.9 Å². The maximum atomic E-state index is 13.2. The van der Waals surface area contributed by atoms with Crippen molar-refractivity contribution in [3.8, 4) is 0 Å². The van der Waals surface area contributed by atoms with Crippen molar-refractivity contribution in [1.29, 1.82) is 0 Å².